The molecule has 1 rings (SSSR count). The van der Waals surface area contributed by atoms with Crippen LogP contribution in [0.1, 0.15) is 32.2 Å². The van der Waals surface area contributed by atoms with E-state index in [0.29, 0.717) is 5.92 Å². The number of nitrogens with zero attached hydrogens (tertiary/aromatic N) is 1. The van der Waals surface area contributed by atoms with Crippen molar-refractivity contribution >= 4 is 11.3 Å². The van der Waals surface area contributed by atoms with Crippen molar-refractivity contribution in [3.05, 3.63) is 16.6 Å². The number of thiazole rings is 1. The van der Waals surface area contributed by atoms with Crippen molar-refractivity contribution in [3.63, 3.8) is 0 Å². The molecular weight excluding hydrogens is 206 g/mol. The molecule has 0 saturated carbocycles. The van der Waals surface area contributed by atoms with Crippen LogP contribution in [0.3, 0.4) is 0 Å². The topological polar surface area (TPSA) is 50.9 Å². The molecule has 4 heteroatoms. The molecule has 3 N–H and O–H groups in total. The summed E-state index contributed by atoms with van der Waals surface area (Å²) < 4.78 is 0. The number of nitrogens with two attached hydrogens (primary N) is 1. The smallest absolute Gasteiger partial charge is 0.112 e. The lowest BCUT2D eigenvalue weighted by atomic mass is 10.0. The number of nitrogens with one attached hydrogen (secondary N) is 1. The Morgan fingerprint density at radius 1 is 1.60 bits per heavy atom. The fraction of sp³-hybridized carbons (Fsp3) is 0.727. The van der Waals surface area contributed by atoms with Crippen molar-refractivity contribution in [3.8, 4) is 0 Å². The summed E-state index contributed by atoms with van der Waals surface area (Å²) >= 11 is 1.69. The summed E-state index contributed by atoms with van der Waals surface area (Å²) in [6, 6.07) is 0. The first-order valence-corrected chi connectivity index (χ1v) is 6.33. The third-order valence-electron chi connectivity index (χ3n) is 2.71. The van der Waals surface area contributed by atoms with E-state index in [1.54, 1.807) is 11.3 Å². The lowest BCUT2D eigenvalue weighted by Gasteiger charge is -2.26. The van der Waals surface area contributed by atoms with Crippen molar-refractivity contribution in [1.82, 2.24) is 10.3 Å². The fourth-order valence-corrected chi connectivity index (χ4v) is 2.14. The number of rotatable bonds is 6. The van der Waals surface area contributed by atoms with E-state index in [1.807, 2.05) is 11.6 Å². The van der Waals surface area contributed by atoms with Gasteiger partial charge in [0.25, 0.3) is 0 Å². The first-order valence-electron chi connectivity index (χ1n) is 5.45. The van der Waals surface area contributed by atoms with Crippen LogP contribution in [0.25, 0.3) is 0 Å². The monoisotopic (exact) mass is 227 g/mol. The Labute approximate surface area is 96.1 Å². The molecule has 86 valence electrons. The largest absolute Gasteiger partial charge is 0.330 e. The Morgan fingerprint density at radius 3 is 2.80 bits per heavy atom. The van der Waals surface area contributed by atoms with E-state index in [-0.39, 0.29) is 5.54 Å². The van der Waals surface area contributed by atoms with Gasteiger partial charge in [0.1, 0.15) is 5.01 Å². The quantitative estimate of drug-likeness (QED) is 0.781. The highest BCUT2D eigenvalue weighted by Crippen LogP contribution is 2.22. The average molecular weight is 227 g/mol. The third-order valence-corrected chi connectivity index (χ3v) is 3.81. The summed E-state index contributed by atoms with van der Waals surface area (Å²) in [6.45, 7) is 8.21. The molecule has 0 spiro atoms. The second-order valence-electron chi connectivity index (χ2n) is 4.35. The Bertz CT molecular complexity index is 265. The van der Waals surface area contributed by atoms with E-state index < -0.39 is 0 Å². The minimum Gasteiger partial charge on any atom is -0.330 e. The van der Waals surface area contributed by atoms with Gasteiger partial charge in [-0.15, -0.1) is 11.3 Å². The molecule has 0 bridgehead atoms. The SMILES string of the molecule is CCC(CN)CNC(C)(C)c1nccs1. The molecule has 1 heterocycles. The molecule has 0 radical (unpaired) electrons. The van der Waals surface area contributed by atoms with Crippen LogP contribution < -0.4 is 11.1 Å². The number of aromatic nitrogens is 1. The zero-order valence-electron chi connectivity index (χ0n) is 9.79. The minimum absolute atomic E-state index is 0.0449. The molecule has 1 atom stereocenters. The van der Waals surface area contributed by atoms with Gasteiger partial charge in [0.2, 0.25) is 0 Å². The first kappa shape index (κ1) is 12.6. The highest BCUT2D eigenvalue weighted by Gasteiger charge is 2.23. The van der Waals surface area contributed by atoms with Gasteiger partial charge in [0.15, 0.2) is 0 Å². The number of hydrogen-bond acceptors (Lipinski definition) is 4. The van der Waals surface area contributed by atoms with Gasteiger partial charge in [0, 0.05) is 18.1 Å². The highest BCUT2D eigenvalue weighted by molar-refractivity contribution is 7.09. The van der Waals surface area contributed by atoms with E-state index >= 15 is 0 Å². The lowest BCUT2D eigenvalue weighted by molar-refractivity contribution is 0.351. The van der Waals surface area contributed by atoms with E-state index in [9.17, 15) is 0 Å². The molecule has 1 aromatic rings. The predicted molar refractivity (Wildman–Crippen MR) is 66.0 cm³/mol. The van der Waals surface area contributed by atoms with Gasteiger partial charge in [-0.25, -0.2) is 4.98 Å². The van der Waals surface area contributed by atoms with Crippen LogP contribution in [-0.2, 0) is 5.54 Å². The van der Waals surface area contributed by atoms with Gasteiger partial charge in [-0.05, 0) is 26.3 Å². The van der Waals surface area contributed by atoms with Crippen LogP contribution >= 0.6 is 11.3 Å². The fourth-order valence-electron chi connectivity index (χ4n) is 1.40. The van der Waals surface area contributed by atoms with Crippen molar-refractivity contribution in [1.29, 1.82) is 0 Å². The molecule has 3 nitrogen and oxygen atoms in total. The molecule has 0 aliphatic heterocycles. The van der Waals surface area contributed by atoms with Gasteiger partial charge in [-0.3, -0.25) is 0 Å². The van der Waals surface area contributed by atoms with E-state index in [1.165, 1.54) is 0 Å². The maximum absolute atomic E-state index is 5.68. The standard InChI is InChI=1S/C11H21N3S/c1-4-9(7-12)8-14-11(2,3)10-13-5-6-15-10/h5-6,9,14H,4,7-8,12H2,1-3H3. The van der Waals surface area contributed by atoms with Crippen LogP contribution in [0.15, 0.2) is 11.6 Å². The number of hydrogen-bond donors (Lipinski definition) is 2. The molecule has 0 fully saturated rings. The summed E-state index contributed by atoms with van der Waals surface area (Å²) in [4.78, 5) is 4.34. The summed E-state index contributed by atoms with van der Waals surface area (Å²) in [6.07, 6.45) is 2.97. The van der Waals surface area contributed by atoms with E-state index in [2.05, 4.69) is 31.1 Å². The van der Waals surface area contributed by atoms with Crippen LogP contribution in [-0.4, -0.2) is 18.1 Å². The summed E-state index contributed by atoms with van der Waals surface area (Å²) in [7, 11) is 0. The second-order valence-corrected chi connectivity index (χ2v) is 5.25. The second kappa shape index (κ2) is 5.58. The van der Waals surface area contributed by atoms with Gasteiger partial charge in [0.05, 0.1) is 5.54 Å². The van der Waals surface area contributed by atoms with Crippen molar-refractivity contribution in [2.24, 2.45) is 11.7 Å². The van der Waals surface area contributed by atoms with Crippen LogP contribution in [0, 0.1) is 5.92 Å². The van der Waals surface area contributed by atoms with Gasteiger partial charge >= 0.3 is 0 Å². The van der Waals surface area contributed by atoms with Crippen LogP contribution in [0.2, 0.25) is 0 Å². The Hall–Kier alpha value is -0.450. The molecule has 1 unspecified atom stereocenters. The molecule has 0 aromatic carbocycles. The van der Waals surface area contributed by atoms with Crippen LogP contribution in [0.4, 0.5) is 0 Å². The highest BCUT2D eigenvalue weighted by atomic mass is 32.1. The first-order chi connectivity index (χ1) is 7.10. The molecular formula is C11H21N3S. The maximum atomic E-state index is 5.68. The van der Waals surface area contributed by atoms with Gasteiger partial charge < -0.3 is 11.1 Å². The maximum Gasteiger partial charge on any atom is 0.112 e. The lowest BCUT2D eigenvalue weighted by Crippen LogP contribution is -2.40. The van der Waals surface area contributed by atoms with E-state index in [4.69, 9.17) is 5.73 Å². The minimum atomic E-state index is -0.0449. The van der Waals surface area contributed by atoms with Gasteiger partial charge in [-0.1, -0.05) is 13.3 Å². The average Bonchev–Trinajstić information content (AvgIpc) is 2.72. The van der Waals surface area contributed by atoms with Crippen molar-refractivity contribution in [2.45, 2.75) is 32.7 Å². The molecule has 0 aliphatic rings. The van der Waals surface area contributed by atoms with Crippen LogP contribution in [0.5, 0.6) is 0 Å². The molecule has 0 amide bonds. The Morgan fingerprint density at radius 2 is 2.33 bits per heavy atom. The Kier molecular flexibility index (Phi) is 4.70. The van der Waals surface area contributed by atoms with Crippen molar-refractivity contribution < 1.29 is 0 Å². The molecule has 0 saturated heterocycles. The van der Waals surface area contributed by atoms with Crippen molar-refractivity contribution in [2.75, 3.05) is 13.1 Å². The molecule has 15 heavy (non-hydrogen) atoms. The predicted octanol–water partition coefficient (Wildman–Crippen LogP) is 1.95. The molecule has 1 aromatic heterocycles. The summed E-state index contributed by atoms with van der Waals surface area (Å²) in [5, 5.41) is 6.68. The molecule has 0 aliphatic carbocycles. The van der Waals surface area contributed by atoms with Gasteiger partial charge in [-0.2, -0.15) is 0 Å². The normalized spacial score (nSPS) is 14.1. The Balaban J connectivity index is 2.50. The summed E-state index contributed by atoms with van der Waals surface area (Å²) in [5.41, 5.74) is 5.63. The zero-order chi connectivity index (χ0) is 11.3. The zero-order valence-corrected chi connectivity index (χ0v) is 10.6. The summed E-state index contributed by atoms with van der Waals surface area (Å²) in [5.74, 6) is 0.559. The third kappa shape index (κ3) is 3.55. The van der Waals surface area contributed by atoms with E-state index in [0.717, 1.165) is 24.5 Å².